The summed E-state index contributed by atoms with van der Waals surface area (Å²) in [7, 11) is 0. The minimum absolute atomic E-state index is 0.474. The summed E-state index contributed by atoms with van der Waals surface area (Å²) >= 11 is 5.32. The van der Waals surface area contributed by atoms with Crippen molar-refractivity contribution in [2.24, 2.45) is 5.73 Å². The summed E-state index contributed by atoms with van der Waals surface area (Å²) in [6, 6.07) is -0.474. The third-order valence-electron chi connectivity index (χ3n) is 3.08. The molecule has 4 nitrogen and oxygen atoms in total. The van der Waals surface area contributed by atoms with Gasteiger partial charge in [-0.05, 0) is 46.2 Å². The highest BCUT2D eigenvalue weighted by Crippen LogP contribution is 2.00. The van der Waals surface area contributed by atoms with Crippen LogP contribution in [-0.4, -0.2) is 37.1 Å². The molecule has 0 aliphatic carbocycles. The summed E-state index contributed by atoms with van der Waals surface area (Å²) in [5.41, 5.74) is 7.10. The fourth-order valence-corrected chi connectivity index (χ4v) is 1.57. The molecule has 0 spiro atoms. The number of carbonyl (C=O) groups excluding carboxylic acids is 1. The Kier molecular flexibility index (Phi) is 34.4. The van der Waals surface area contributed by atoms with Crippen LogP contribution in [0.15, 0.2) is 72.4 Å². The Morgan fingerprint density at radius 1 is 1.13 bits per heavy atom. The fraction of sp³-hybridized carbons (Fsp3) is 0.480. The molecule has 2 amide bonds. The van der Waals surface area contributed by atoms with Gasteiger partial charge in [-0.1, -0.05) is 94.1 Å². The van der Waals surface area contributed by atoms with Crippen LogP contribution in [0.3, 0.4) is 0 Å². The molecule has 5 heteroatoms. The first-order valence-corrected chi connectivity index (χ1v) is 10.8. The number of rotatable bonds is 10. The van der Waals surface area contributed by atoms with Gasteiger partial charge < -0.3 is 11.1 Å². The maximum atomic E-state index is 10.6. The van der Waals surface area contributed by atoms with Crippen molar-refractivity contribution in [3.05, 3.63) is 72.4 Å². The summed E-state index contributed by atoms with van der Waals surface area (Å²) in [5, 5.41) is 3.45. The van der Waals surface area contributed by atoms with Gasteiger partial charge in [0.25, 0.3) is 0 Å². The van der Waals surface area contributed by atoms with Crippen LogP contribution >= 0.6 is 11.6 Å². The average molecular weight is 440 g/mol. The largest absolute Gasteiger partial charge is 0.352 e. The van der Waals surface area contributed by atoms with Crippen molar-refractivity contribution >= 4 is 17.6 Å². The van der Waals surface area contributed by atoms with Crippen LogP contribution < -0.4 is 11.1 Å². The third-order valence-corrected chi connectivity index (χ3v) is 3.29. The van der Waals surface area contributed by atoms with Crippen LogP contribution in [0.4, 0.5) is 4.79 Å². The maximum absolute atomic E-state index is 10.6. The van der Waals surface area contributed by atoms with Crippen molar-refractivity contribution in [2.75, 3.05) is 26.2 Å². The van der Waals surface area contributed by atoms with Crippen molar-refractivity contribution < 1.29 is 4.79 Å². The van der Waals surface area contributed by atoms with Gasteiger partial charge in [-0.3, -0.25) is 4.90 Å². The van der Waals surface area contributed by atoms with Gasteiger partial charge in [0, 0.05) is 24.7 Å². The van der Waals surface area contributed by atoms with Gasteiger partial charge in [-0.2, -0.15) is 0 Å². The molecule has 174 valence electrons. The molecule has 0 fully saturated rings. The number of allylic oxidation sites excluding steroid dienone is 7. The highest BCUT2D eigenvalue weighted by atomic mass is 35.5. The molecule has 0 saturated carbocycles. The van der Waals surface area contributed by atoms with E-state index in [1.54, 1.807) is 6.08 Å². The van der Waals surface area contributed by atoms with Gasteiger partial charge in [-0.15, -0.1) is 0 Å². The second-order valence-electron chi connectivity index (χ2n) is 6.04. The number of halogens is 1. The van der Waals surface area contributed by atoms with Crippen molar-refractivity contribution in [1.82, 2.24) is 10.2 Å². The Balaban J connectivity index is -0.000000230. The van der Waals surface area contributed by atoms with Crippen molar-refractivity contribution in [3.8, 4) is 0 Å². The first-order chi connectivity index (χ1) is 14.1. The molecule has 0 unspecified atom stereocenters. The maximum Gasteiger partial charge on any atom is 0.312 e. The first kappa shape index (κ1) is 35.4. The fourth-order valence-electron chi connectivity index (χ4n) is 1.57. The van der Waals surface area contributed by atoms with E-state index in [2.05, 4.69) is 36.9 Å². The average Bonchev–Trinajstić information content (AvgIpc) is 2.70. The number of hydrogen-bond donors (Lipinski definition) is 2. The standard InChI is InChI=1S/C14H25N3O.C5H8.C4H7Cl.C2H6/c1-4-6-7-8-13(3)12-17(10-5-2)11-9-16-14(15)18;1-4-5(2)3;1-3-4(2)5;1-2/h4,6-8H,3,5,9-12H2,1-2H3,(H3,15,16,18);4H,1-2H2,3H3;3H,1-2H3;1-2H3/b6-4-,8-7-;;4-3+;. The molecule has 0 saturated heterocycles. The molecule has 0 rings (SSSR count). The molecule has 0 aromatic rings. The molecule has 30 heavy (non-hydrogen) atoms. The lowest BCUT2D eigenvalue weighted by molar-refractivity contribution is 0.244. The van der Waals surface area contributed by atoms with Crippen LogP contribution in [-0.2, 0) is 0 Å². The summed E-state index contributed by atoms with van der Waals surface area (Å²) in [6.45, 7) is 28.0. The zero-order chi connectivity index (χ0) is 24.4. The number of amides is 2. The Morgan fingerprint density at radius 2 is 1.63 bits per heavy atom. The lowest BCUT2D eigenvalue weighted by Gasteiger charge is -2.21. The Labute approximate surface area is 191 Å². The number of nitrogens with one attached hydrogen (secondary N) is 1. The number of primary amides is 1. The molecular weight excluding hydrogens is 394 g/mol. The smallest absolute Gasteiger partial charge is 0.312 e. The molecule has 0 aromatic carbocycles. The van der Waals surface area contributed by atoms with E-state index in [-0.39, 0.29) is 0 Å². The first-order valence-electron chi connectivity index (χ1n) is 10.4. The molecule has 0 heterocycles. The third kappa shape index (κ3) is 40.6. The van der Waals surface area contributed by atoms with Gasteiger partial charge in [0.1, 0.15) is 0 Å². The van der Waals surface area contributed by atoms with Crippen molar-refractivity contribution in [2.45, 2.75) is 54.9 Å². The zero-order valence-corrected chi connectivity index (χ0v) is 21.2. The van der Waals surface area contributed by atoms with Crippen LogP contribution in [0.25, 0.3) is 0 Å². The summed E-state index contributed by atoms with van der Waals surface area (Å²) in [5.74, 6) is 0. The second kappa shape index (κ2) is 29.2. The van der Waals surface area contributed by atoms with E-state index in [1.807, 2.05) is 71.9 Å². The lowest BCUT2D eigenvalue weighted by Crippen LogP contribution is -2.38. The van der Waals surface area contributed by atoms with E-state index < -0.39 is 6.03 Å². The second-order valence-corrected chi connectivity index (χ2v) is 6.63. The van der Waals surface area contributed by atoms with Crippen LogP contribution in [0.2, 0.25) is 0 Å². The molecule has 0 atom stereocenters. The van der Waals surface area contributed by atoms with Crippen molar-refractivity contribution in [1.29, 1.82) is 0 Å². The Morgan fingerprint density at radius 3 is 1.97 bits per heavy atom. The van der Waals surface area contributed by atoms with Gasteiger partial charge in [0.05, 0.1) is 0 Å². The Hall–Kier alpha value is -2.04. The highest BCUT2D eigenvalue weighted by molar-refractivity contribution is 6.29. The van der Waals surface area contributed by atoms with Gasteiger partial charge in [0.2, 0.25) is 0 Å². The summed E-state index contributed by atoms with van der Waals surface area (Å²) in [6.07, 6.45) is 12.6. The summed E-state index contributed by atoms with van der Waals surface area (Å²) in [4.78, 5) is 12.8. The Bertz CT molecular complexity index is 531. The SMILES string of the molecule is C/C=C(\C)Cl.C=C(/C=C\C=C/C)CN(CCC)CCNC(N)=O.C=CC(=C)C.CC. The zero-order valence-electron chi connectivity index (χ0n) is 20.4. The van der Waals surface area contributed by atoms with Crippen LogP contribution in [0.1, 0.15) is 54.9 Å². The van der Waals surface area contributed by atoms with E-state index >= 15 is 0 Å². The molecule has 3 N–H and O–H groups in total. The van der Waals surface area contributed by atoms with E-state index in [0.717, 1.165) is 42.2 Å². The predicted molar refractivity (Wildman–Crippen MR) is 139 cm³/mol. The van der Waals surface area contributed by atoms with E-state index in [4.69, 9.17) is 17.3 Å². The molecular formula is C25H46ClN3O. The quantitative estimate of drug-likeness (QED) is 0.360. The van der Waals surface area contributed by atoms with Crippen LogP contribution in [0, 0.1) is 0 Å². The number of nitrogens with two attached hydrogens (primary N) is 1. The van der Waals surface area contributed by atoms with Gasteiger partial charge in [0.15, 0.2) is 0 Å². The molecule has 0 aromatic heterocycles. The minimum Gasteiger partial charge on any atom is -0.352 e. The van der Waals surface area contributed by atoms with Crippen LogP contribution in [0.5, 0.6) is 0 Å². The number of nitrogens with zero attached hydrogens (tertiary/aromatic N) is 1. The molecule has 0 aliphatic rings. The van der Waals surface area contributed by atoms with Gasteiger partial charge in [-0.25, -0.2) is 4.79 Å². The minimum atomic E-state index is -0.474. The van der Waals surface area contributed by atoms with E-state index in [9.17, 15) is 4.79 Å². The highest BCUT2D eigenvalue weighted by Gasteiger charge is 2.04. The monoisotopic (exact) mass is 439 g/mol. The number of hydrogen-bond acceptors (Lipinski definition) is 2. The van der Waals surface area contributed by atoms with Crippen molar-refractivity contribution in [3.63, 3.8) is 0 Å². The predicted octanol–water partition coefficient (Wildman–Crippen LogP) is 6.98. The molecule has 0 aliphatic heterocycles. The van der Waals surface area contributed by atoms with E-state index in [0.29, 0.717) is 6.54 Å². The molecule has 0 bridgehead atoms. The lowest BCUT2D eigenvalue weighted by atomic mass is 10.2. The van der Waals surface area contributed by atoms with Gasteiger partial charge >= 0.3 is 6.03 Å². The van der Waals surface area contributed by atoms with E-state index in [1.165, 1.54) is 0 Å². The molecule has 0 radical (unpaired) electrons. The topological polar surface area (TPSA) is 58.4 Å². The number of carbonyl (C=O) groups is 1. The normalized spacial score (nSPS) is 10.2. The summed E-state index contributed by atoms with van der Waals surface area (Å²) < 4.78 is 0. The number of urea groups is 1.